The van der Waals surface area contributed by atoms with Crippen molar-refractivity contribution in [1.82, 2.24) is 4.90 Å². The SMILES string of the molecule is CC(O[C]=O)C1CCCN1C. The van der Waals surface area contributed by atoms with Gasteiger partial charge in [-0.25, -0.2) is 4.79 Å². The molecule has 11 heavy (non-hydrogen) atoms. The maximum atomic E-state index is 9.91. The molecule has 0 aromatic carbocycles. The second-order valence-electron chi connectivity index (χ2n) is 3.10. The van der Waals surface area contributed by atoms with Crippen LogP contribution >= 0.6 is 0 Å². The van der Waals surface area contributed by atoms with E-state index < -0.39 is 0 Å². The van der Waals surface area contributed by atoms with Crippen LogP contribution in [0.5, 0.6) is 0 Å². The molecule has 0 N–H and O–H groups in total. The van der Waals surface area contributed by atoms with Gasteiger partial charge in [-0.2, -0.15) is 0 Å². The highest BCUT2D eigenvalue weighted by atomic mass is 16.5. The highest BCUT2D eigenvalue weighted by Gasteiger charge is 2.27. The van der Waals surface area contributed by atoms with Crippen molar-refractivity contribution in [3.05, 3.63) is 0 Å². The van der Waals surface area contributed by atoms with E-state index in [9.17, 15) is 4.79 Å². The number of carbonyl (C=O) groups excluding carboxylic acids is 1. The number of hydrogen-bond acceptors (Lipinski definition) is 3. The molecule has 1 heterocycles. The van der Waals surface area contributed by atoms with E-state index in [0.29, 0.717) is 6.04 Å². The van der Waals surface area contributed by atoms with Crippen LogP contribution in [0.15, 0.2) is 0 Å². The van der Waals surface area contributed by atoms with Crippen LogP contribution in [0.25, 0.3) is 0 Å². The van der Waals surface area contributed by atoms with Gasteiger partial charge in [-0.15, -0.1) is 0 Å². The van der Waals surface area contributed by atoms with Gasteiger partial charge in [0.15, 0.2) is 0 Å². The Morgan fingerprint density at radius 2 is 2.45 bits per heavy atom. The Balaban J connectivity index is 2.38. The summed E-state index contributed by atoms with van der Waals surface area (Å²) in [6, 6.07) is 0.399. The number of rotatable bonds is 3. The lowest BCUT2D eigenvalue weighted by Crippen LogP contribution is -2.35. The van der Waals surface area contributed by atoms with Gasteiger partial charge in [0.05, 0.1) is 0 Å². The normalized spacial score (nSPS) is 28.4. The van der Waals surface area contributed by atoms with Crippen LogP contribution in [0.1, 0.15) is 19.8 Å². The molecule has 3 heteroatoms. The van der Waals surface area contributed by atoms with Crippen molar-refractivity contribution in [2.24, 2.45) is 0 Å². The third-order valence-corrected chi connectivity index (χ3v) is 2.35. The zero-order valence-corrected chi connectivity index (χ0v) is 7.04. The van der Waals surface area contributed by atoms with Crippen LogP contribution in [0.4, 0.5) is 0 Å². The molecule has 2 unspecified atom stereocenters. The van der Waals surface area contributed by atoms with Crippen LogP contribution in [-0.2, 0) is 9.53 Å². The van der Waals surface area contributed by atoms with Crippen molar-refractivity contribution in [3.63, 3.8) is 0 Å². The van der Waals surface area contributed by atoms with E-state index >= 15 is 0 Å². The molecule has 1 saturated heterocycles. The third-order valence-electron chi connectivity index (χ3n) is 2.35. The molecule has 1 rings (SSSR count). The summed E-state index contributed by atoms with van der Waals surface area (Å²) < 4.78 is 4.75. The van der Waals surface area contributed by atoms with Crippen molar-refractivity contribution >= 4 is 6.47 Å². The molecule has 1 aliphatic heterocycles. The molecular weight excluding hydrogens is 142 g/mol. The number of likely N-dealkylation sites (tertiary alicyclic amines) is 1. The Labute approximate surface area is 67.3 Å². The van der Waals surface area contributed by atoms with E-state index in [1.165, 1.54) is 12.9 Å². The second kappa shape index (κ2) is 3.72. The summed E-state index contributed by atoms with van der Waals surface area (Å²) in [5.41, 5.74) is 0. The smallest absolute Gasteiger partial charge is 0.417 e. The van der Waals surface area contributed by atoms with E-state index in [1.54, 1.807) is 0 Å². The van der Waals surface area contributed by atoms with Crippen LogP contribution in [0.3, 0.4) is 0 Å². The molecule has 0 aromatic rings. The maximum absolute atomic E-state index is 9.91. The monoisotopic (exact) mass is 156 g/mol. The zero-order valence-electron chi connectivity index (χ0n) is 7.04. The maximum Gasteiger partial charge on any atom is 0.417 e. The first-order valence-corrected chi connectivity index (χ1v) is 3.98. The van der Waals surface area contributed by atoms with E-state index in [0.717, 1.165) is 13.0 Å². The van der Waals surface area contributed by atoms with Crippen LogP contribution < -0.4 is 0 Å². The molecule has 63 valence electrons. The van der Waals surface area contributed by atoms with Gasteiger partial charge >= 0.3 is 6.47 Å². The fraction of sp³-hybridized carbons (Fsp3) is 0.875. The topological polar surface area (TPSA) is 29.5 Å². The molecule has 0 amide bonds. The van der Waals surface area contributed by atoms with Crippen LogP contribution in [0.2, 0.25) is 0 Å². The fourth-order valence-corrected chi connectivity index (χ4v) is 1.68. The lowest BCUT2D eigenvalue weighted by molar-refractivity contribution is 0.106. The third kappa shape index (κ3) is 1.93. The molecule has 0 aliphatic carbocycles. The van der Waals surface area contributed by atoms with E-state index in [1.807, 2.05) is 6.92 Å². The lowest BCUT2D eigenvalue weighted by atomic mass is 10.1. The number of hydrogen-bond donors (Lipinski definition) is 0. The molecule has 0 bridgehead atoms. The molecule has 1 radical (unpaired) electrons. The number of nitrogens with zero attached hydrogens (tertiary/aromatic N) is 1. The van der Waals surface area contributed by atoms with Crippen molar-refractivity contribution in [2.75, 3.05) is 13.6 Å². The Morgan fingerprint density at radius 3 is 2.91 bits per heavy atom. The Hall–Kier alpha value is -0.570. The molecule has 1 fully saturated rings. The van der Waals surface area contributed by atoms with Gasteiger partial charge in [-0.3, -0.25) is 4.90 Å². The quantitative estimate of drug-likeness (QED) is 0.597. The van der Waals surface area contributed by atoms with Crippen LogP contribution in [-0.4, -0.2) is 37.1 Å². The molecule has 2 atom stereocenters. The number of likely N-dealkylation sites (N-methyl/N-ethyl adjacent to an activating group) is 1. The predicted molar refractivity (Wildman–Crippen MR) is 41.9 cm³/mol. The summed E-state index contributed by atoms with van der Waals surface area (Å²) in [5, 5.41) is 0. The first-order chi connectivity index (χ1) is 5.25. The van der Waals surface area contributed by atoms with Crippen molar-refractivity contribution in [2.45, 2.75) is 31.9 Å². The highest BCUT2D eigenvalue weighted by Crippen LogP contribution is 2.19. The second-order valence-corrected chi connectivity index (χ2v) is 3.10. The Kier molecular flexibility index (Phi) is 2.88. The largest absolute Gasteiger partial charge is 0.453 e. The van der Waals surface area contributed by atoms with E-state index in [-0.39, 0.29) is 6.10 Å². The summed E-state index contributed by atoms with van der Waals surface area (Å²) in [6.07, 6.45) is 2.31. The minimum Gasteiger partial charge on any atom is -0.453 e. The molecule has 0 saturated carbocycles. The van der Waals surface area contributed by atoms with E-state index in [4.69, 9.17) is 4.74 Å². The molecule has 3 nitrogen and oxygen atoms in total. The lowest BCUT2D eigenvalue weighted by Gasteiger charge is -2.23. The minimum atomic E-state index is -0.0139. The van der Waals surface area contributed by atoms with Crippen LogP contribution in [0, 0.1) is 0 Å². The summed E-state index contributed by atoms with van der Waals surface area (Å²) >= 11 is 0. The Morgan fingerprint density at radius 1 is 1.73 bits per heavy atom. The average Bonchev–Trinajstić information content (AvgIpc) is 2.36. The van der Waals surface area contributed by atoms with Gasteiger partial charge in [0.25, 0.3) is 0 Å². The molecular formula is C8H14NO2. The highest BCUT2D eigenvalue weighted by molar-refractivity contribution is 5.38. The molecule has 0 spiro atoms. The zero-order chi connectivity index (χ0) is 8.27. The summed E-state index contributed by atoms with van der Waals surface area (Å²) in [5.74, 6) is 0. The molecule has 0 aromatic heterocycles. The summed E-state index contributed by atoms with van der Waals surface area (Å²) in [4.78, 5) is 12.1. The van der Waals surface area contributed by atoms with E-state index in [2.05, 4.69) is 11.9 Å². The van der Waals surface area contributed by atoms with Gasteiger partial charge < -0.3 is 4.74 Å². The van der Waals surface area contributed by atoms with Gasteiger partial charge in [-0.1, -0.05) is 0 Å². The van der Waals surface area contributed by atoms with Crippen molar-refractivity contribution in [1.29, 1.82) is 0 Å². The minimum absolute atomic E-state index is 0.0139. The standard InChI is InChI=1S/C8H14NO2/c1-7(11-6-10)8-4-3-5-9(8)2/h7-8H,3-5H2,1-2H3. The average molecular weight is 156 g/mol. The molecule has 1 aliphatic rings. The van der Waals surface area contributed by atoms with Crippen molar-refractivity contribution in [3.8, 4) is 0 Å². The first kappa shape index (κ1) is 8.53. The van der Waals surface area contributed by atoms with Gasteiger partial charge in [0.2, 0.25) is 0 Å². The predicted octanol–water partition coefficient (Wildman–Crippen LogP) is 0.553. The summed E-state index contributed by atoms with van der Waals surface area (Å²) in [7, 11) is 2.06. The van der Waals surface area contributed by atoms with Crippen molar-refractivity contribution < 1.29 is 9.53 Å². The Bertz CT molecular complexity index is 138. The first-order valence-electron chi connectivity index (χ1n) is 3.98. The summed E-state index contributed by atoms with van der Waals surface area (Å²) in [6.45, 7) is 4.51. The van der Waals surface area contributed by atoms with Gasteiger partial charge in [0.1, 0.15) is 6.10 Å². The van der Waals surface area contributed by atoms with Gasteiger partial charge in [-0.05, 0) is 33.4 Å². The number of ether oxygens (including phenoxy) is 1. The fourth-order valence-electron chi connectivity index (χ4n) is 1.68. The van der Waals surface area contributed by atoms with Gasteiger partial charge in [0, 0.05) is 6.04 Å².